The molecule has 0 aliphatic carbocycles. The molecule has 1 unspecified atom stereocenters. The molecular formula is C13H29N3O3S. The van der Waals surface area contributed by atoms with Gasteiger partial charge in [0, 0.05) is 32.3 Å². The largest absolute Gasteiger partial charge is 0.380 e. The Kier molecular flexibility index (Phi) is 7.98. The van der Waals surface area contributed by atoms with Crippen LogP contribution in [0.3, 0.4) is 0 Å². The fourth-order valence-electron chi connectivity index (χ4n) is 2.27. The number of rotatable bonds is 9. The molecule has 0 radical (unpaired) electrons. The van der Waals surface area contributed by atoms with E-state index >= 15 is 0 Å². The van der Waals surface area contributed by atoms with Crippen molar-refractivity contribution < 1.29 is 13.2 Å². The van der Waals surface area contributed by atoms with Gasteiger partial charge >= 0.3 is 0 Å². The summed E-state index contributed by atoms with van der Waals surface area (Å²) in [5, 5.41) is 0. The molecule has 1 saturated heterocycles. The third-order valence-corrected chi connectivity index (χ3v) is 5.19. The molecular weight excluding hydrogens is 278 g/mol. The molecule has 1 aliphatic heterocycles. The quantitative estimate of drug-likeness (QED) is 0.614. The second-order valence-corrected chi connectivity index (χ2v) is 7.40. The van der Waals surface area contributed by atoms with Crippen LogP contribution in [0.5, 0.6) is 0 Å². The first kappa shape index (κ1) is 17.8. The molecule has 0 spiro atoms. The van der Waals surface area contributed by atoms with Gasteiger partial charge in [-0.25, -0.2) is 0 Å². The first-order valence-corrected chi connectivity index (χ1v) is 8.95. The van der Waals surface area contributed by atoms with E-state index in [-0.39, 0.29) is 6.04 Å². The molecule has 0 amide bonds. The van der Waals surface area contributed by atoms with E-state index in [9.17, 15) is 8.42 Å². The predicted octanol–water partition coefficient (Wildman–Crippen LogP) is 0.697. The van der Waals surface area contributed by atoms with Gasteiger partial charge in [-0.1, -0.05) is 20.3 Å². The zero-order valence-electron chi connectivity index (χ0n) is 12.7. The maximum Gasteiger partial charge on any atom is 0.279 e. The van der Waals surface area contributed by atoms with Crippen molar-refractivity contribution in [2.45, 2.75) is 45.6 Å². The Morgan fingerprint density at radius 1 is 1.35 bits per heavy atom. The molecule has 120 valence electrons. The van der Waals surface area contributed by atoms with E-state index in [1.54, 1.807) is 0 Å². The van der Waals surface area contributed by atoms with Gasteiger partial charge < -0.3 is 10.5 Å². The molecule has 0 bridgehead atoms. The monoisotopic (exact) mass is 307 g/mol. The van der Waals surface area contributed by atoms with Crippen LogP contribution in [0.15, 0.2) is 0 Å². The average molecular weight is 307 g/mol. The van der Waals surface area contributed by atoms with Crippen molar-refractivity contribution in [2.75, 3.05) is 32.8 Å². The second-order valence-electron chi connectivity index (χ2n) is 5.69. The third-order valence-electron chi connectivity index (χ3n) is 3.52. The predicted molar refractivity (Wildman–Crippen MR) is 80.6 cm³/mol. The molecule has 3 N–H and O–H groups in total. The highest BCUT2D eigenvalue weighted by Crippen LogP contribution is 2.18. The van der Waals surface area contributed by atoms with Gasteiger partial charge in [-0.3, -0.25) is 0 Å². The van der Waals surface area contributed by atoms with Crippen molar-refractivity contribution >= 4 is 10.2 Å². The van der Waals surface area contributed by atoms with E-state index < -0.39 is 10.2 Å². The standard InChI is InChI=1S/C13H29N3O3S/c1-12(2)6-9-19-10-7-15-20(17,18)16-8-4-3-5-13(16)11-14/h12-13,15H,3-11,14H2,1-2H3. The number of nitrogens with zero attached hydrogens (tertiary/aromatic N) is 1. The maximum atomic E-state index is 12.2. The van der Waals surface area contributed by atoms with Gasteiger partial charge in [0.2, 0.25) is 0 Å². The molecule has 0 aromatic rings. The van der Waals surface area contributed by atoms with Crippen LogP contribution in [0, 0.1) is 5.92 Å². The summed E-state index contributed by atoms with van der Waals surface area (Å²) in [6, 6.07) is -0.0666. The molecule has 1 heterocycles. The van der Waals surface area contributed by atoms with Crippen molar-refractivity contribution in [3.05, 3.63) is 0 Å². The fourth-order valence-corrected chi connectivity index (χ4v) is 3.73. The molecule has 7 heteroatoms. The van der Waals surface area contributed by atoms with Gasteiger partial charge in [-0.2, -0.15) is 17.4 Å². The molecule has 0 aromatic carbocycles. The Hall–Kier alpha value is -0.210. The van der Waals surface area contributed by atoms with E-state index in [4.69, 9.17) is 10.5 Å². The minimum absolute atomic E-state index is 0.0666. The molecule has 6 nitrogen and oxygen atoms in total. The van der Waals surface area contributed by atoms with E-state index in [2.05, 4.69) is 18.6 Å². The summed E-state index contributed by atoms with van der Waals surface area (Å²) < 4.78 is 33.9. The van der Waals surface area contributed by atoms with Gasteiger partial charge in [-0.15, -0.1) is 0 Å². The molecule has 1 aliphatic rings. The highest BCUT2D eigenvalue weighted by molar-refractivity contribution is 7.87. The summed E-state index contributed by atoms with van der Waals surface area (Å²) in [6.07, 6.45) is 3.80. The number of nitrogens with one attached hydrogen (secondary N) is 1. The second kappa shape index (κ2) is 8.94. The first-order valence-electron chi connectivity index (χ1n) is 7.51. The normalized spacial score (nSPS) is 21.5. The van der Waals surface area contributed by atoms with Crippen molar-refractivity contribution in [1.29, 1.82) is 0 Å². The van der Waals surface area contributed by atoms with Crippen LogP contribution < -0.4 is 10.5 Å². The van der Waals surface area contributed by atoms with Crippen molar-refractivity contribution in [2.24, 2.45) is 11.7 Å². The SMILES string of the molecule is CC(C)CCOCCNS(=O)(=O)N1CCCCC1CN. The summed E-state index contributed by atoms with van der Waals surface area (Å²) in [4.78, 5) is 0. The minimum atomic E-state index is -3.42. The third kappa shape index (κ3) is 6.05. The average Bonchev–Trinajstić information content (AvgIpc) is 2.42. The van der Waals surface area contributed by atoms with Crippen LogP contribution in [-0.4, -0.2) is 51.6 Å². The van der Waals surface area contributed by atoms with Gasteiger partial charge in [-0.05, 0) is 25.2 Å². The summed E-state index contributed by atoms with van der Waals surface area (Å²) in [5.41, 5.74) is 5.65. The van der Waals surface area contributed by atoms with E-state index in [1.165, 1.54) is 4.31 Å². The lowest BCUT2D eigenvalue weighted by Gasteiger charge is -2.33. The lowest BCUT2D eigenvalue weighted by atomic mass is 10.1. The van der Waals surface area contributed by atoms with Crippen LogP contribution in [0.4, 0.5) is 0 Å². The van der Waals surface area contributed by atoms with Gasteiger partial charge in [0.15, 0.2) is 0 Å². The smallest absolute Gasteiger partial charge is 0.279 e. The summed E-state index contributed by atoms with van der Waals surface area (Å²) in [6.45, 7) is 6.61. The zero-order valence-corrected chi connectivity index (χ0v) is 13.5. The van der Waals surface area contributed by atoms with Crippen LogP contribution in [0.1, 0.15) is 39.5 Å². The lowest BCUT2D eigenvalue weighted by Crippen LogP contribution is -2.52. The Labute approximate surface area is 123 Å². The summed E-state index contributed by atoms with van der Waals surface area (Å²) in [7, 11) is -3.42. The van der Waals surface area contributed by atoms with E-state index in [0.29, 0.717) is 38.8 Å². The highest BCUT2D eigenvalue weighted by Gasteiger charge is 2.30. The number of piperidine rings is 1. The number of hydrogen-bond acceptors (Lipinski definition) is 4. The van der Waals surface area contributed by atoms with E-state index in [0.717, 1.165) is 25.7 Å². The maximum absolute atomic E-state index is 12.2. The molecule has 0 aromatic heterocycles. The van der Waals surface area contributed by atoms with Crippen molar-refractivity contribution in [3.63, 3.8) is 0 Å². The summed E-state index contributed by atoms with van der Waals surface area (Å²) >= 11 is 0. The number of ether oxygens (including phenoxy) is 1. The Bertz CT molecular complexity index is 360. The molecule has 0 saturated carbocycles. The van der Waals surface area contributed by atoms with Crippen LogP contribution in [0.25, 0.3) is 0 Å². The van der Waals surface area contributed by atoms with Crippen LogP contribution in [0.2, 0.25) is 0 Å². The lowest BCUT2D eigenvalue weighted by molar-refractivity contribution is 0.128. The molecule has 1 rings (SSSR count). The van der Waals surface area contributed by atoms with Crippen LogP contribution >= 0.6 is 0 Å². The fraction of sp³-hybridized carbons (Fsp3) is 1.00. The van der Waals surface area contributed by atoms with E-state index in [1.807, 2.05) is 0 Å². The Morgan fingerprint density at radius 3 is 2.75 bits per heavy atom. The van der Waals surface area contributed by atoms with Crippen molar-refractivity contribution in [3.8, 4) is 0 Å². The zero-order chi connectivity index (χ0) is 15.0. The minimum Gasteiger partial charge on any atom is -0.380 e. The molecule has 1 fully saturated rings. The van der Waals surface area contributed by atoms with Gasteiger partial charge in [0.1, 0.15) is 0 Å². The highest BCUT2D eigenvalue weighted by atomic mass is 32.2. The summed E-state index contributed by atoms with van der Waals surface area (Å²) in [5.74, 6) is 0.602. The van der Waals surface area contributed by atoms with Crippen molar-refractivity contribution in [1.82, 2.24) is 9.03 Å². The first-order chi connectivity index (χ1) is 9.47. The topological polar surface area (TPSA) is 84.7 Å². The molecule has 1 atom stereocenters. The van der Waals surface area contributed by atoms with Gasteiger partial charge in [0.25, 0.3) is 10.2 Å². The van der Waals surface area contributed by atoms with Crippen LogP contribution in [-0.2, 0) is 14.9 Å². The number of hydrogen-bond donors (Lipinski definition) is 2. The Balaban J connectivity index is 2.30. The Morgan fingerprint density at radius 2 is 2.10 bits per heavy atom. The van der Waals surface area contributed by atoms with Gasteiger partial charge in [0.05, 0.1) is 6.61 Å². The molecule has 20 heavy (non-hydrogen) atoms. The number of nitrogens with two attached hydrogens (primary N) is 1.